The highest BCUT2D eigenvalue weighted by Crippen LogP contribution is 2.27. The van der Waals surface area contributed by atoms with E-state index in [2.05, 4.69) is 15.4 Å². The summed E-state index contributed by atoms with van der Waals surface area (Å²) < 4.78 is 4.68. The Labute approximate surface area is 143 Å². The average molecular weight is 341 g/mol. The van der Waals surface area contributed by atoms with E-state index in [-0.39, 0.29) is 36.7 Å². The zero-order valence-corrected chi connectivity index (χ0v) is 14.2. The number of carbonyl (C=O) groups is 2. The third-order valence-electron chi connectivity index (χ3n) is 3.82. The molecule has 1 aromatic carbocycles. The highest BCUT2D eigenvalue weighted by atomic mass is 35.5. The molecule has 0 spiro atoms. The predicted octanol–water partition coefficient (Wildman–Crippen LogP) is 2.22. The number of nitrogens with one attached hydrogen (secondary N) is 2. The smallest absolute Gasteiger partial charge is 0.305 e. The summed E-state index contributed by atoms with van der Waals surface area (Å²) in [5, 5.41) is 6.17. The number of carbonyl (C=O) groups excluding carboxylic acids is 2. The molecule has 0 aromatic heterocycles. The van der Waals surface area contributed by atoms with Gasteiger partial charge in [0.25, 0.3) is 0 Å². The van der Waals surface area contributed by atoms with Gasteiger partial charge in [0.1, 0.15) is 0 Å². The SMILES string of the molecule is COC(=O)CCC(NC(=O)CNCC1CC1)c1ccccc1.Cl. The summed E-state index contributed by atoms with van der Waals surface area (Å²) in [7, 11) is 1.38. The summed E-state index contributed by atoms with van der Waals surface area (Å²) in [6, 6.07) is 9.53. The van der Waals surface area contributed by atoms with Gasteiger partial charge < -0.3 is 15.4 Å². The van der Waals surface area contributed by atoms with Crippen molar-refractivity contribution in [2.75, 3.05) is 20.2 Å². The third-order valence-corrected chi connectivity index (χ3v) is 3.82. The number of amides is 1. The Morgan fingerprint density at radius 3 is 2.57 bits per heavy atom. The van der Waals surface area contributed by atoms with Crippen molar-refractivity contribution in [2.24, 2.45) is 5.92 Å². The van der Waals surface area contributed by atoms with Gasteiger partial charge >= 0.3 is 5.97 Å². The van der Waals surface area contributed by atoms with Crippen LogP contribution in [0.15, 0.2) is 30.3 Å². The van der Waals surface area contributed by atoms with Crippen molar-refractivity contribution in [2.45, 2.75) is 31.7 Å². The first kappa shape index (κ1) is 19.5. The van der Waals surface area contributed by atoms with E-state index >= 15 is 0 Å². The van der Waals surface area contributed by atoms with Crippen LogP contribution in [0.2, 0.25) is 0 Å². The number of hydrogen-bond acceptors (Lipinski definition) is 4. The summed E-state index contributed by atoms with van der Waals surface area (Å²) in [5.41, 5.74) is 1.00. The lowest BCUT2D eigenvalue weighted by Crippen LogP contribution is -2.37. The molecule has 1 fully saturated rings. The largest absolute Gasteiger partial charge is 0.469 e. The molecule has 6 heteroatoms. The first-order valence-electron chi connectivity index (χ1n) is 7.81. The monoisotopic (exact) mass is 340 g/mol. The van der Waals surface area contributed by atoms with Crippen molar-refractivity contribution in [3.8, 4) is 0 Å². The van der Waals surface area contributed by atoms with Crippen molar-refractivity contribution in [3.63, 3.8) is 0 Å². The maximum absolute atomic E-state index is 12.1. The Morgan fingerprint density at radius 1 is 1.26 bits per heavy atom. The van der Waals surface area contributed by atoms with E-state index in [4.69, 9.17) is 0 Å². The molecule has 0 radical (unpaired) electrons. The van der Waals surface area contributed by atoms with Crippen LogP contribution >= 0.6 is 12.4 Å². The number of halogens is 1. The van der Waals surface area contributed by atoms with Gasteiger partial charge in [0.05, 0.1) is 19.7 Å². The van der Waals surface area contributed by atoms with E-state index in [1.54, 1.807) is 0 Å². The Morgan fingerprint density at radius 2 is 1.96 bits per heavy atom. The molecule has 0 heterocycles. The van der Waals surface area contributed by atoms with Gasteiger partial charge in [-0.3, -0.25) is 9.59 Å². The molecular formula is C17H25ClN2O3. The topological polar surface area (TPSA) is 67.4 Å². The molecule has 0 aliphatic heterocycles. The van der Waals surface area contributed by atoms with E-state index in [1.807, 2.05) is 30.3 Å². The fraction of sp³-hybridized carbons (Fsp3) is 0.529. The molecule has 1 atom stereocenters. The van der Waals surface area contributed by atoms with Crippen molar-refractivity contribution >= 4 is 24.3 Å². The van der Waals surface area contributed by atoms with E-state index in [0.29, 0.717) is 13.0 Å². The quantitative estimate of drug-likeness (QED) is 0.676. The fourth-order valence-electron chi connectivity index (χ4n) is 2.33. The van der Waals surface area contributed by atoms with Gasteiger partial charge in [0, 0.05) is 6.42 Å². The van der Waals surface area contributed by atoms with Gasteiger partial charge in [-0.25, -0.2) is 0 Å². The summed E-state index contributed by atoms with van der Waals surface area (Å²) in [5.74, 6) is 0.443. The van der Waals surface area contributed by atoms with Crippen molar-refractivity contribution in [1.29, 1.82) is 0 Å². The molecule has 0 saturated heterocycles. The molecule has 5 nitrogen and oxygen atoms in total. The van der Waals surface area contributed by atoms with Crippen LogP contribution < -0.4 is 10.6 Å². The van der Waals surface area contributed by atoms with E-state index < -0.39 is 0 Å². The predicted molar refractivity (Wildman–Crippen MR) is 91.4 cm³/mol. The van der Waals surface area contributed by atoms with Gasteiger partial charge in [-0.15, -0.1) is 12.4 Å². The molecule has 2 N–H and O–H groups in total. The Hall–Kier alpha value is -1.59. The molecule has 23 heavy (non-hydrogen) atoms. The lowest BCUT2D eigenvalue weighted by molar-refractivity contribution is -0.141. The normalized spacial score (nSPS) is 14.5. The minimum atomic E-state index is -0.262. The molecule has 128 valence electrons. The summed E-state index contributed by atoms with van der Waals surface area (Å²) >= 11 is 0. The van der Waals surface area contributed by atoms with Crippen LogP contribution in [-0.4, -0.2) is 32.1 Å². The third kappa shape index (κ3) is 7.48. The van der Waals surface area contributed by atoms with Crippen LogP contribution in [0.4, 0.5) is 0 Å². The van der Waals surface area contributed by atoms with Crippen LogP contribution in [0.3, 0.4) is 0 Å². The van der Waals surface area contributed by atoms with Crippen LogP contribution in [-0.2, 0) is 14.3 Å². The van der Waals surface area contributed by atoms with E-state index in [0.717, 1.165) is 18.0 Å². The number of benzene rings is 1. The van der Waals surface area contributed by atoms with Gasteiger partial charge in [-0.05, 0) is 37.3 Å². The Balaban J connectivity index is 0.00000264. The second kappa shape index (κ2) is 10.2. The number of methoxy groups -OCH3 is 1. The highest BCUT2D eigenvalue weighted by Gasteiger charge is 2.21. The minimum Gasteiger partial charge on any atom is -0.469 e. The Kier molecular flexibility index (Phi) is 8.66. The second-order valence-corrected chi connectivity index (χ2v) is 5.72. The molecule has 2 rings (SSSR count). The average Bonchev–Trinajstić information content (AvgIpc) is 3.36. The summed E-state index contributed by atoms with van der Waals surface area (Å²) in [6.07, 6.45) is 3.34. The number of hydrogen-bond donors (Lipinski definition) is 2. The minimum absolute atomic E-state index is 0. The molecule has 1 unspecified atom stereocenters. The van der Waals surface area contributed by atoms with E-state index in [1.165, 1.54) is 20.0 Å². The van der Waals surface area contributed by atoms with Crippen LogP contribution in [0.1, 0.15) is 37.3 Å². The van der Waals surface area contributed by atoms with Gasteiger partial charge in [-0.1, -0.05) is 30.3 Å². The summed E-state index contributed by atoms with van der Waals surface area (Å²) in [4.78, 5) is 23.4. The zero-order valence-electron chi connectivity index (χ0n) is 13.4. The first-order chi connectivity index (χ1) is 10.7. The van der Waals surface area contributed by atoms with Crippen molar-refractivity contribution < 1.29 is 14.3 Å². The first-order valence-corrected chi connectivity index (χ1v) is 7.81. The molecule has 1 saturated carbocycles. The maximum Gasteiger partial charge on any atom is 0.305 e. The number of ether oxygens (including phenoxy) is 1. The maximum atomic E-state index is 12.1. The molecule has 1 aliphatic rings. The Bertz CT molecular complexity index is 492. The van der Waals surface area contributed by atoms with Crippen molar-refractivity contribution in [3.05, 3.63) is 35.9 Å². The van der Waals surface area contributed by atoms with Gasteiger partial charge in [-0.2, -0.15) is 0 Å². The molecule has 1 aromatic rings. The highest BCUT2D eigenvalue weighted by molar-refractivity contribution is 5.85. The van der Waals surface area contributed by atoms with Crippen LogP contribution in [0.25, 0.3) is 0 Å². The summed E-state index contributed by atoms with van der Waals surface area (Å²) in [6.45, 7) is 1.23. The molecule has 1 aliphatic carbocycles. The van der Waals surface area contributed by atoms with Gasteiger partial charge in [0.15, 0.2) is 0 Å². The lowest BCUT2D eigenvalue weighted by atomic mass is 10.0. The number of rotatable bonds is 9. The molecule has 1 amide bonds. The zero-order chi connectivity index (χ0) is 15.8. The van der Waals surface area contributed by atoms with E-state index in [9.17, 15) is 9.59 Å². The lowest BCUT2D eigenvalue weighted by Gasteiger charge is -2.19. The van der Waals surface area contributed by atoms with Crippen molar-refractivity contribution in [1.82, 2.24) is 10.6 Å². The second-order valence-electron chi connectivity index (χ2n) is 5.72. The van der Waals surface area contributed by atoms with Crippen LogP contribution in [0, 0.1) is 5.92 Å². The van der Waals surface area contributed by atoms with Gasteiger partial charge in [0.2, 0.25) is 5.91 Å². The standard InChI is InChI=1S/C17H24N2O3.ClH/c1-22-17(21)10-9-15(14-5-3-2-4-6-14)19-16(20)12-18-11-13-7-8-13;/h2-6,13,15,18H,7-12H2,1H3,(H,19,20);1H. The fourth-order valence-corrected chi connectivity index (χ4v) is 2.33. The molecule has 0 bridgehead atoms. The number of esters is 1. The van der Waals surface area contributed by atoms with Crippen LogP contribution in [0.5, 0.6) is 0 Å². The molecular weight excluding hydrogens is 316 g/mol.